The summed E-state index contributed by atoms with van der Waals surface area (Å²) in [4.78, 5) is 13.1. The summed E-state index contributed by atoms with van der Waals surface area (Å²) >= 11 is 0. The average Bonchev–Trinajstić information content (AvgIpc) is 2.48. The van der Waals surface area contributed by atoms with E-state index in [1.807, 2.05) is 18.2 Å². The minimum absolute atomic E-state index is 0.373. The molecular formula is C16H23NO3. The van der Waals surface area contributed by atoms with E-state index < -0.39 is 5.97 Å². The summed E-state index contributed by atoms with van der Waals surface area (Å²) in [6.07, 6.45) is 3.12. The Morgan fingerprint density at radius 2 is 2.05 bits per heavy atom. The van der Waals surface area contributed by atoms with Gasteiger partial charge in [-0.2, -0.15) is 0 Å². The van der Waals surface area contributed by atoms with Crippen molar-refractivity contribution in [2.24, 2.45) is 5.92 Å². The van der Waals surface area contributed by atoms with E-state index in [0.29, 0.717) is 5.92 Å². The summed E-state index contributed by atoms with van der Waals surface area (Å²) in [6.45, 7) is 3.50. The second-order valence-electron chi connectivity index (χ2n) is 5.51. The topological polar surface area (TPSA) is 49.8 Å². The van der Waals surface area contributed by atoms with Gasteiger partial charge in [0.15, 0.2) is 0 Å². The van der Waals surface area contributed by atoms with Crippen LogP contribution in [-0.2, 0) is 11.2 Å². The van der Waals surface area contributed by atoms with E-state index in [2.05, 4.69) is 11.0 Å². The third-order valence-corrected chi connectivity index (χ3v) is 4.26. The van der Waals surface area contributed by atoms with E-state index in [1.165, 1.54) is 5.56 Å². The second-order valence-corrected chi connectivity index (χ2v) is 5.51. The van der Waals surface area contributed by atoms with Gasteiger partial charge in [-0.3, -0.25) is 9.69 Å². The van der Waals surface area contributed by atoms with Crippen LogP contribution in [0.5, 0.6) is 5.75 Å². The van der Waals surface area contributed by atoms with Crippen LogP contribution in [0.2, 0.25) is 0 Å². The highest BCUT2D eigenvalue weighted by Crippen LogP contribution is 2.27. The molecule has 1 aromatic rings. The normalized spacial score (nSPS) is 18.7. The Labute approximate surface area is 120 Å². The maximum absolute atomic E-state index is 11.0. The quantitative estimate of drug-likeness (QED) is 0.898. The Kier molecular flexibility index (Phi) is 5.01. The zero-order valence-electron chi connectivity index (χ0n) is 12.2. The fourth-order valence-corrected chi connectivity index (χ4v) is 2.88. The number of para-hydroxylation sites is 1. The van der Waals surface area contributed by atoms with Crippen LogP contribution in [0.15, 0.2) is 24.3 Å². The average molecular weight is 277 g/mol. The van der Waals surface area contributed by atoms with Crippen LogP contribution >= 0.6 is 0 Å². The summed E-state index contributed by atoms with van der Waals surface area (Å²) < 4.78 is 5.39. The van der Waals surface area contributed by atoms with Crippen molar-refractivity contribution in [2.45, 2.75) is 32.2 Å². The maximum atomic E-state index is 11.0. The predicted molar refractivity (Wildman–Crippen MR) is 78.1 cm³/mol. The van der Waals surface area contributed by atoms with Gasteiger partial charge in [-0.15, -0.1) is 0 Å². The summed E-state index contributed by atoms with van der Waals surface area (Å²) in [7, 11) is 1.70. The molecule has 4 nitrogen and oxygen atoms in total. The van der Waals surface area contributed by atoms with E-state index >= 15 is 0 Å². The van der Waals surface area contributed by atoms with Crippen LogP contribution in [0.25, 0.3) is 0 Å². The SMILES string of the molecule is COc1ccccc1CC1CCN([C@@H](C)C(=O)O)CC1. The summed E-state index contributed by atoms with van der Waals surface area (Å²) in [5.41, 5.74) is 1.25. The largest absolute Gasteiger partial charge is 0.496 e. The molecule has 0 saturated carbocycles. The lowest BCUT2D eigenvalue weighted by Crippen LogP contribution is -2.44. The Morgan fingerprint density at radius 3 is 2.65 bits per heavy atom. The van der Waals surface area contributed by atoms with Gasteiger partial charge in [0.2, 0.25) is 0 Å². The highest BCUT2D eigenvalue weighted by molar-refractivity contribution is 5.72. The van der Waals surface area contributed by atoms with Gasteiger partial charge in [0, 0.05) is 0 Å². The summed E-state index contributed by atoms with van der Waals surface area (Å²) in [5, 5.41) is 9.05. The van der Waals surface area contributed by atoms with Crippen LogP contribution in [-0.4, -0.2) is 42.2 Å². The Morgan fingerprint density at radius 1 is 1.40 bits per heavy atom. The molecule has 1 saturated heterocycles. The fraction of sp³-hybridized carbons (Fsp3) is 0.562. The molecule has 0 aromatic heterocycles. The van der Waals surface area contributed by atoms with Crippen molar-refractivity contribution in [1.82, 2.24) is 4.90 Å². The monoisotopic (exact) mass is 277 g/mol. The first-order valence-corrected chi connectivity index (χ1v) is 7.20. The minimum atomic E-state index is -0.729. The number of benzene rings is 1. The zero-order valence-corrected chi connectivity index (χ0v) is 12.2. The van der Waals surface area contributed by atoms with Gasteiger partial charge in [-0.1, -0.05) is 18.2 Å². The number of methoxy groups -OCH3 is 1. The molecule has 0 radical (unpaired) electrons. The molecule has 1 heterocycles. The molecule has 1 N–H and O–H groups in total. The third-order valence-electron chi connectivity index (χ3n) is 4.26. The number of carboxylic acids is 1. The predicted octanol–water partition coefficient (Wildman–Crippen LogP) is 2.42. The number of aliphatic carboxylic acids is 1. The molecule has 0 bridgehead atoms. The summed E-state index contributed by atoms with van der Waals surface area (Å²) in [6, 6.07) is 7.77. The first kappa shape index (κ1) is 14.9. The lowest BCUT2D eigenvalue weighted by Gasteiger charge is -2.34. The number of hydrogen-bond acceptors (Lipinski definition) is 3. The van der Waals surface area contributed by atoms with E-state index in [1.54, 1.807) is 14.0 Å². The highest BCUT2D eigenvalue weighted by Gasteiger charge is 2.26. The van der Waals surface area contributed by atoms with Crippen molar-refractivity contribution < 1.29 is 14.6 Å². The molecule has 110 valence electrons. The van der Waals surface area contributed by atoms with Gasteiger partial charge in [-0.05, 0) is 56.8 Å². The summed E-state index contributed by atoms with van der Waals surface area (Å²) in [5.74, 6) is 0.838. The van der Waals surface area contributed by atoms with Crippen molar-refractivity contribution in [2.75, 3.05) is 20.2 Å². The molecule has 20 heavy (non-hydrogen) atoms. The molecule has 2 rings (SSSR count). The number of hydrogen-bond donors (Lipinski definition) is 1. The number of ether oxygens (including phenoxy) is 1. The van der Waals surface area contributed by atoms with Crippen molar-refractivity contribution in [1.29, 1.82) is 0 Å². The van der Waals surface area contributed by atoms with Crippen molar-refractivity contribution >= 4 is 5.97 Å². The molecule has 0 spiro atoms. The van der Waals surface area contributed by atoms with E-state index in [9.17, 15) is 4.79 Å². The van der Waals surface area contributed by atoms with Gasteiger partial charge >= 0.3 is 5.97 Å². The third kappa shape index (κ3) is 3.51. The van der Waals surface area contributed by atoms with Crippen molar-refractivity contribution in [3.8, 4) is 5.75 Å². The number of likely N-dealkylation sites (tertiary alicyclic amines) is 1. The maximum Gasteiger partial charge on any atom is 0.320 e. The fourth-order valence-electron chi connectivity index (χ4n) is 2.88. The second kappa shape index (κ2) is 6.75. The van der Waals surface area contributed by atoms with Crippen LogP contribution in [0, 0.1) is 5.92 Å². The van der Waals surface area contributed by atoms with Crippen LogP contribution in [0.3, 0.4) is 0 Å². The van der Waals surface area contributed by atoms with Crippen LogP contribution in [0.1, 0.15) is 25.3 Å². The molecule has 1 fully saturated rings. The first-order chi connectivity index (χ1) is 9.61. The van der Waals surface area contributed by atoms with E-state index in [4.69, 9.17) is 9.84 Å². The van der Waals surface area contributed by atoms with Crippen molar-refractivity contribution in [3.63, 3.8) is 0 Å². The number of carboxylic acid groups (broad SMARTS) is 1. The molecule has 0 aliphatic carbocycles. The van der Waals surface area contributed by atoms with Gasteiger partial charge in [-0.25, -0.2) is 0 Å². The number of nitrogens with zero attached hydrogens (tertiary/aromatic N) is 1. The Bertz CT molecular complexity index is 453. The van der Waals surface area contributed by atoms with Crippen molar-refractivity contribution in [3.05, 3.63) is 29.8 Å². The zero-order chi connectivity index (χ0) is 14.5. The lowest BCUT2D eigenvalue weighted by molar-refractivity contribution is -0.143. The molecule has 1 atom stereocenters. The molecule has 4 heteroatoms. The van der Waals surface area contributed by atoms with E-state index in [0.717, 1.165) is 38.1 Å². The van der Waals surface area contributed by atoms with Crippen LogP contribution < -0.4 is 4.74 Å². The highest BCUT2D eigenvalue weighted by atomic mass is 16.5. The van der Waals surface area contributed by atoms with E-state index in [-0.39, 0.29) is 6.04 Å². The molecular weight excluding hydrogens is 254 g/mol. The number of carbonyl (C=O) groups is 1. The molecule has 1 aromatic carbocycles. The molecule has 0 amide bonds. The standard InChI is InChI=1S/C16H23NO3/c1-12(16(18)19)17-9-7-13(8-10-17)11-14-5-3-4-6-15(14)20-2/h3-6,12-13H,7-11H2,1-2H3,(H,18,19)/t12-/m0/s1. The smallest absolute Gasteiger partial charge is 0.320 e. The van der Waals surface area contributed by atoms with Crippen LogP contribution in [0.4, 0.5) is 0 Å². The molecule has 1 aliphatic rings. The van der Waals surface area contributed by atoms with Gasteiger partial charge < -0.3 is 9.84 Å². The Hall–Kier alpha value is -1.55. The van der Waals surface area contributed by atoms with Gasteiger partial charge in [0.1, 0.15) is 11.8 Å². The van der Waals surface area contributed by atoms with Gasteiger partial charge in [0.05, 0.1) is 7.11 Å². The number of rotatable bonds is 5. The molecule has 0 unspecified atom stereocenters. The Balaban J connectivity index is 1.90. The van der Waals surface area contributed by atoms with Gasteiger partial charge in [0.25, 0.3) is 0 Å². The number of piperidine rings is 1. The molecule has 1 aliphatic heterocycles. The first-order valence-electron chi connectivity index (χ1n) is 7.20. The lowest BCUT2D eigenvalue weighted by atomic mass is 9.89. The minimum Gasteiger partial charge on any atom is -0.496 e.